The van der Waals surface area contributed by atoms with Crippen molar-refractivity contribution < 1.29 is 31.6 Å². The summed E-state index contributed by atoms with van der Waals surface area (Å²) in [5.74, 6) is -1.48. The van der Waals surface area contributed by atoms with E-state index in [-0.39, 0.29) is 27.6 Å². The highest BCUT2D eigenvalue weighted by Gasteiger charge is 2.38. The minimum Gasteiger partial charge on any atom is -0.493 e. The Bertz CT molecular complexity index is 1450. The Balaban J connectivity index is 2.10. The Kier molecular flexibility index (Phi) is 6.97. The van der Waals surface area contributed by atoms with Crippen molar-refractivity contribution in [1.29, 1.82) is 10.0 Å². The first-order chi connectivity index (χ1) is 16.3. The first-order valence-electron chi connectivity index (χ1n) is 9.71. The van der Waals surface area contributed by atoms with E-state index in [9.17, 15) is 22.2 Å². The summed E-state index contributed by atoms with van der Waals surface area (Å²) in [6, 6.07) is 11.6. The number of aromatic nitrogens is 2. The van der Waals surface area contributed by atoms with Crippen LogP contribution in [0.15, 0.2) is 47.4 Å². The number of carbonyl (C=O) groups excluding carboxylic acids is 1. The maximum absolute atomic E-state index is 13.5. The van der Waals surface area contributed by atoms with Crippen molar-refractivity contribution in [1.82, 2.24) is 10.2 Å². The van der Waals surface area contributed by atoms with Crippen molar-refractivity contribution in [2.75, 3.05) is 18.7 Å². The number of nitriles is 1. The summed E-state index contributed by atoms with van der Waals surface area (Å²) in [7, 11) is -1.81. The van der Waals surface area contributed by atoms with Gasteiger partial charge in [0.25, 0.3) is 11.8 Å². The van der Waals surface area contributed by atoms with Crippen LogP contribution >= 0.6 is 0 Å². The van der Waals surface area contributed by atoms with Crippen LogP contribution in [0.4, 0.5) is 18.9 Å². The Hall–Kier alpha value is -4.18. The van der Waals surface area contributed by atoms with Crippen LogP contribution < -0.4 is 14.8 Å². The Morgan fingerprint density at radius 1 is 1.17 bits per heavy atom. The van der Waals surface area contributed by atoms with Gasteiger partial charge >= 0.3 is 6.18 Å². The second kappa shape index (κ2) is 9.59. The minimum absolute atomic E-state index is 0.0177. The Morgan fingerprint density at radius 3 is 2.49 bits per heavy atom. The number of methoxy groups -OCH3 is 1. The highest BCUT2D eigenvalue weighted by Crippen LogP contribution is 2.37. The molecule has 0 unspecified atom stereocenters. The molecule has 0 spiro atoms. The van der Waals surface area contributed by atoms with Crippen LogP contribution in [0.1, 0.15) is 27.2 Å². The van der Waals surface area contributed by atoms with E-state index in [0.29, 0.717) is 0 Å². The van der Waals surface area contributed by atoms with Gasteiger partial charge in [0.05, 0.1) is 28.5 Å². The summed E-state index contributed by atoms with van der Waals surface area (Å²) in [4.78, 5) is 13.2. The molecule has 3 rings (SSSR count). The number of anilines is 1. The van der Waals surface area contributed by atoms with Gasteiger partial charge in [0.15, 0.2) is 17.2 Å². The third kappa shape index (κ3) is 5.67. The van der Waals surface area contributed by atoms with Crippen molar-refractivity contribution in [2.45, 2.75) is 18.0 Å². The van der Waals surface area contributed by atoms with Crippen LogP contribution in [-0.4, -0.2) is 33.7 Å². The van der Waals surface area contributed by atoms with Gasteiger partial charge in [-0.2, -0.15) is 18.4 Å². The summed E-state index contributed by atoms with van der Waals surface area (Å²) in [5, 5.41) is 18.2. The molecule has 1 atom stereocenters. The number of amides is 1. The van der Waals surface area contributed by atoms with Gasteiger partial charge < -0.3 is 14.8 Å². The molecule has 0 aliphatic rings. The topological polar surface area (TPSA) is 138 Å². The number of hydrogen-bond donors (Lipinski definition) is 2. The van der Waals surface area contributed by atoms with Crippen LogP contribution in [0.3, 0.4) is 0 Å². The maximum Gasteiger partial charge on any atom is 0.435 e. The smallest absolute Gasteiger partial charge is 0.435 e. The molecule has 1 aromatic heterocycles. The molecule has 1 amide bonds. The highest BCUT2D eigenvalue weighted by molar-refractivity contribution is 7.91. The lowest BCUT2D eigenvalue weighted by Crippen LogP contribution is -2.21. The van der Waals surface area contributed by atoms with E-state index in [1.165, 1.54) is 55.8 Å². The van der Waals surface area contributed by atoms with Gasteiger partial charge in [-0.1, -0.05) is 6.07 Å². The fourth-order valence-electron chi connectivity index (χ4n) is 3.04. The molecule has 1 heterocycles. The van der Waals surface area contributed by atoms with Gasteiger partial charge in [0.2, 0.25) is 0 Å². The number of hydrogen-bond acceptors (Lipinski definition) is 8. The molecule has 0 aliphatic heterocycles. The van der Waals surface area contributed by atoms with E-state index < -0.39 is 44.5 Å². The SMILES string of the molecule is COc1cc(C#N)ccc1Oc1nnc(C(F)(F)F)c(C)c1C(=O)Nc1cccc([S@](C)(=N)=O)c1. The van der Waals surface area contributed by atoms with Gasteiger partial charge in [-0.05, 0) is 42.8 Å². The second-order valence-corrected chi connectivity index (χ2v) is 9.42. The van der Waals surface area contributed by atoms with E-state index in [1.54, 1.807) is 0 Å². The molecular weight excluding hydrogens is 487 g/mol. The van der Waals surface area contributed by atoms with Gasteiger partial charge in [-0.15, -0.1) is 10.2 Å². The van der Waals surface area contributed by atoms with E-state index >= 15 is 0 Å². The van der Waals surface area contributed by atoms with E-state index in [2.05, 4.69) is 15.5 Å². The third-order valence-electron chi connectivity index (χ3n) is 4.72. The number of rotatable bonds is 6. The number of halogens is 3. The maximum atomic E-state index is 13.5. The molecule has 182 valence electrons. The molecule has 0 bridgehead atoms. The standard InChI is InChI=1S/C22H18F3N5O4S/c1-12-18(20(31)28-14-5-4-6-15(10-14)35(3,27)32)21(30-29-19(12)22(23,24)25)34-16-8-7-13(11-26)9-17(16)33-2/h4-10,27H,1-3H3,(H,28,31)/t35-/m1/s1. The van der Waals surface area contributed by atoms with Gasteiger partial charge in [0, 0.05) is 22.9 Å². The van der Waals surface area contributed by atoms with Crippen LogP contribution in [0.25, 0.3) is 0 Å². The second-order valence-electron chi connectivity index (χ2n) is 7.26. The molecule has 0 fully saturated rings. The predicted octanol–water partition coefficient (Wildman–Crippen LogP) is 4.76. The zero-order valence-electron chi connectivity index (χ0n) is 18.6. The van der Waals surface area contributed by atoms with Gasteiger partial charge in [-0.25, -0.2) is 8.99 Å². The third-order valence-corrected chi connectivity index (χ3v) is 5.87. The van der Waals surface area contributed by atoms with Crippen molar-refractivity contribution in [2.24, 2.45) is 0 Å². The van der Waals surface area contributed by atoms with Gasteiger partial charge in [-0.3, -0.25) is 4.79 Å². The quantitative estimate of drug-likeness (QED) is 0.492. The lowest BCUT2D eigenvalue weighted by molar-refractivity contribution is -0.142. The summed E-state index contributed by atoms with van der Waals surface area (Å²) >= 11 is 0. The van der Waals surface area contributed by atoms with Crippen molar-refractivity contribution in [3.63, 3.8) is 0 Å². The van der Waals surface area contributed by atoms with Crippen LogP contribution in [0.5, 0.6) is 17.4 Å². The summed E-state index contributed by atoms with van der Waals surface area (Å²) < 4.78 is 70.9. The largest absolute Gasteiger partial charge is 0.493 e. The number of benzene rings is 2. The molecule has 3 aromatic rings. The molecular formula is C22H18F3N5O4S. The predicted molar refractivity (Wildman–Crippen MR) is 119 cm³/mol. The molecule has 0 aliphatic carbocycles. The zero-order chi connectivity index (χ0) is 26.0. The van der Waals surface area contributed by atoms with Gasteiger partial charge in [0.1, 0.15) is 5.56 Å². The Morgan fingerprint density at radius 2 is 1.89 bits per heavy atom. The number of nitrogens with zero attached hydrogens (tertiary/aromatic N) is 3. The lowest BCUT2D eigenvalue weighted by Gasteiger charge is -2.17. The number of alkyl halides is 3. The summed E-state index contributed by atoms with van der Waals surface area (Å²) in [6.45, 7) is 1.05. The molecule has 9 nitrogen and oxygen atoms in total. The van der Waals surface area contributed by atoms with Crippen LogP contribution in [-0.2, 0) is 15.9 Å². The van der Waals surface area contributed by atoms with E-state index in [1.807, 2.05) is 6.07 Å². The molecule has 35 heavy (non-hydrogen) atoms. The summed E-state index contributed by atoms with van der Waals surface area (Å²) in [6.07, 6.45) is -3.70. The average molecular weight is 505 g/mol. The zero-order valence-corrected chi connectivity index (χ0v) is 19.4. The van der Waals surface area contributed by atoms with Crippen molar-refractivity contribution in [3.05, 3.63) is 64.8 Å². The average Bonchev–Trinajstić information content (AvgIpc) is 2.78. The van der Waals surface area contributed by atoms with Crippen LogP contribution in [0, 0.1) is 23.0 Å². The highest BCUT2D eigenvalue weighted by atomic mass is 32.2. The molecule has 2 N–H and O–H groups in total. The summed E-state index contributed by atoms with van der Waals surface area (Å²) in [5.41, 5.74) is -2.13. The number of ether oxygens (including phenoxy) is 2. The number of carbonyl (C=O) groups is 1. The monoisotopic (exact) mass is 505 g/mol. The van der Waals surface area contributed by atoms with E-state index in [4.69, 9.17) is 19.5 Å². The van der Waals surface area contributed by atoms with Crippen molar-refractivity contribution in [3.8, 4) is 23.4 Å². The lowest BCUT2D eigenvalue weighted by atomic mass is 10.1. The first kappa shape index (κ1) is 25.4. The number of nitrogens with one attached hydrogen (secondary N) is 2. The first-order valence-corrected chi connectivity index (χ1v) is 11.7. The minimum atomic E-state index is -4.89. The fraction of sp³-hybridized carbons (Fsp3) is 0.182. The Labute approximate surface area is 198 Å². The van der Waals surface area contributed by atoms with Crippen molar-refractivity contribution >= 4 is 21.3 Å². The fourth-order valence-corrected chi connectivity index (χ4v) is 3.73. The van der Waals surface area contributed by atoms with Crippen LogP contribution in [0.2, 0.25) is 0 Å². The molecule has 0 saturated carbocycles. The van der Waals surface area contributed by atoms with E-state index in [0.717, 1.165) is 6.92 Å². The normalized spacial score (nSPS) is 12.8. The molecule has 0 radical (unpaired) electrons. The molecule has 0 saturated heterocycles. The molecule has 13 heteroatoms. The molecule has 2 aromatic carbocycles.